The summed E-state index contributed by atoms with van der Waals surface area (Å²) < 4.78 is 5.77. The van der Waals surface area contributed by atoms with Gasteiger partial charge in [-0.25, -0.2) is 4.79 Å². The summed E-state index contributed by atoms with van der Waals surface area (Å²) in [5.74, 6) is 0. The molecule has 0 atom stereocenters. The number of ether oxygens (including phenoxy) is 1. The Kier molecular flexibility index (Phi) is 4.71. The Hall–Kier alpha value is -1.81. The number of rotatable bonds is 5. The minimum atomic E-state index is -0.460. The normalized spacial score (nSPS) is 21.0. The molecule has 2 aliphatic rings. The van der Waals surface area contributed by atoms with Gasteiger partial charge in [0.1, 0.15) is 0 Å². The highest BCUT2D eigenvalue weighted by atomic mass is 16.6. The van der Waals surface area contributed by atoms with Crippen LogP contribution in [0.5, 0.6) is 0 Å². The molecule has 1 spiro atoms. The van der Waals surface area contributed by atoms with Crippen LogP contribution in [0, 0.1) is 0 Å². The van der Waals surface area contributed by atoms with Crippen LogP contribution in [0.2, 0.25) is 0 Å². The fourth-order valence-electron chi connectivity index (χ4n) is 3.48. The molecule has 0 bridgehead atoms. The van der Waals surface area contributed by atoms with Crippen molar-refractivity contribution in [1.29, 1.82) is 0 Å². The highest BCUT2D eigenvalue weighted by Crippen LogP contribution is 2.40. The Labute approximate surface area is 138 Å². The van der Waals surface area contributed by atoms with E-state index in [4.69, 9.17) is 4.74 Å². The second-order valence-electron chi connectivity index (χ2n) is 6.58. The zero-order valence-corrected chi connectivity index (χ0v) is 14.0. The topological polar surface area (TPSA) is 32.8 Å². The molecule has 0 aliphatic carbocycles. The van der Waals surface area contributed by atoms with Gasteiger partial charge in [-0.05, 0) is 12.0 Å². The Morgan fingerprint density at radius 1 is 1.22 bits per heavy atom. The number of unbranched alkanes of at least 4 members (excludes halogenated alkanes) is 1. The molecule has 1 aromatic rings. The number of hydrogen-bond acceptors (Lipinski definition) is 3. The van der Waals surface area contributed by atoms with Crippen molar-refractivity contribution in [3.63, 3.8) is 0 Å². The van der Waals surface area contributed by atoms with E-state index in [1.54, 1.807) is 4.90 Å². The molecule has 3 rings (SSSR count). The van der Waals surface area contributed by atoms with Crippen LogP contribution in [0.1, 0.15) is 38.2 Å². The summed E-state index contributed by atoms with van der Waals surface area (Å²) >= 11 is 0. The van der Waals surface area contributed by atoms with E-state index in [1.807, 2.05) is 6.07 Å². The molecule has 1 aromatic carbocycles. The molecule has 23 heavy (non-hydrogen) atoms. The maximum atomic E-state index is 12.2. The van der Waals surface area contributed by atoms with Crippen molar-refractivity contribution >= 4 is 6.09 Å². The van der Waals surface area contributed by atoms with Crippen molar-refractivity contribution in [2.45, 2.75) is 44.8 Å². The first-order chi connectivity index (χ1) is 11.1. The largest absolute Gasteiger partial charge is 0.436 e. The number of hydrogen-bond donors (Lipinski definition) is 0. The number of amides is 1. The molecule has 0 saturated carbocycles. The SMILES string of the molecule is C=C1N(CCCC)C(=O)OC12CCN(Cc1ccccc1)CC2. The molecule has 4 nitrogen and oxygen atoms in total. The third-order valence-corrected chi connectivity index (χ3v) is 5.00. The second kappa shape index (κ2) is 6.75. The fourth-order valence-corrected chi connectivity index (χ4v) is 3.48. The summed E-state index contributed by atoms with van der Waals surface area (Å²) in [6.45, 7) is 9.86. The third kappa shape index (κ3) is 3.27. The van der Waals surface area contributed by atoms with E-state index in [1.165, 1.54) is 5.56 Å². The van der Waals surface area contributed by atoms with Crippen molar-refractivity contribution in [2.24, 2.45) is 0 Å². The monoisotopic (exact) mass is 314 g/mol. The van der Waals surface area contributed by atoms with Crippen LogP contribution in [-0.2, 0) is 11.3 Å². The van der Waals surface area contributed by atoms with Crippen LogP contribution in [0.15, 0.2) is 42.6 Å². The first kappa shape index (κ1) is 16.1. The highest BCUT2D eigenvalue weighted by Gasteiger charge is 2.50. The number of likely N-dealkylation sites (tertiary alicyclic amines) is 1. The summed E-state index contributed by atoms with van der Waals surface area (Å²) in [6.07, 6.45) is 3.53. The summed E-state index contributed by atoms with van der Waals surface area (Å²) in [6, 6.07) is 10.5. The van der Waals surface area contributed by atoms with Crippen molar-refractivity contribution in [1.82, 2.24) is 9.80 Å². The van der Waals surface area contributed by atoms with E-state index in [0.717, 1.165) is 57.6 Å². The predicted octanol–water partition coefficient (Wildman–Crippen LogP) is 3.79. The standard InChI is InChI=1S/C19H26N2O2/c1-3-4-12-21-16(2)19(23-18(21)22)10-13-20(14-11-19)15-17-8-6-5-7-9-17/h5-9H,2-4,10-15H2,1H3. The van der Waals surface area contributed by atoms with Gasteiger partial charge in [0.2, 0.25) is 0 Å². The molecule has 2 fully saturated rings. The Balaban J connectivity index is 1.59. The molecule has 0 aromatic heterocycles. The number of nitrogens with zero attached hydrogens (tertiary/aromatic N) is 2. The van der Waals surface area contributed by atoms with E-state index in [-0.39, 0.29) is 6.09 Å². The number of carbonyl (C=O) groups is 1. The molecule has 4 heteroatoms. The van der Waals surface area contributed by atoms with Crippen molar-refractivity contribution < 1.29 is 9.53 Å². The van der Waals surface area contributed by atoms with Gasteiger partial charge in [-0.3, -0.25) is 9.80 Å². The molecule has 0 unspecified atom stereocenters. The van der Waals surface area contributed by atoms with E-state index >= 15 is 0 Å². The van der Waals surface area contributed by atoms with Crippen LogP contribution >= 0.6 is 0 Å². The minimum absolute atomic E-state index is 0.208. The summed E-state index contributed by atoms with van der Waals surface area (Å²) in [7, 11) is 0. The van der Waals surface area contributed by atoms with E-state index in [0.29, 0.717) is 0 Å². The minimum Gasteiger partial charge on any atom is -0.436 e. The quantitative estimate of drug-likeness (QED) is 0.829. The van der Waals surface area contributed by atoms with Gasteiger partial charge in [0.15, 0.2) is 5.60 Å². The van der Waals surface area contributed by atoms with Gasteiger partial charge >= 0.3 is 6.09 Å². The highest BCUT2D eigenvalue weighted by molar-refractivity contribution is 5.74. The Morgan fingerprint density at radius 3 is 2.57 bits per heavy atom. The maximum Gasteiger partial charge on any atom is 0.415 e. The Bertz CT molecular complexity index is 562. The van der Waals surface area contributed by atoms with Crippen molar-refractivity contribution in [3.05, 3.63) is 48.2 Å². The molecule has 2 heterocycles. The molecular formula is C19H26N2O2. The van der Waals surface area contributed by atoms with Crippen molar-refractivity contribution in [2.75, 3.05) is 19.6 Å². The number of benzene rings is 1. The van der Waals surface area contributed by atoms with Crippen molar-refractivity contribution in [3.8, 4) is 0 Å². The number of carbonyl (C=O) groups excluding carboxylic acids is 1. The molecule has 2 saturated heterocycles. The van der Waals surface area contributed by atoms with Gasteiger partial charge in [0, 0.05) is 39.0 Å². The Morgan fingerprint density at radius 2 is 1.91 bits per heavy atom. The van der Waals surface area contributed by atoms with Gasteiger partial charge in [-0.15, -0.1) is 0 Å². The average Bonchev–Trinajstić information content (AvgIpc) is 2.79. The lowest BCUT2D eigenvalue weighted by atomic mass is 9.88. The molecule has 124 valence electrons. The van der Waals surface area contributed by atoms with Gasteiger partial charge in [-0.2, -0.15) is 0 Å². The first-order valence-corrected chi connectivity index (χ1v) is 8.61. The summed E-state index contributed by atoms with van der Waals surface area (Å²) in [5, 5.41) is 0. The predicted molar refractivity (Wildman–Crippen MR) is 90.9 cm³/mol. The second-order valence-corrected chi connectivity index (χ2v) is 6.58. The van der Waals surface area contributed by atoms with Gasteiger partial charge in [0.25, 0.3) is 0 Å². The third-order valence-electron chi connectivity index (χ3n) is 5.00. The average molecular weight is 314 g/mol. The van der Waals surface area contributed by atoms with E-state index in [2.05, 4.69) is 42.7 Å². The maximum absolute atomic E-state index is 12.2. The van der Waals surface area contributed by atoms with Gasteiger partial charge in [-0.1, -0.05) is 50.3 Å². The lowest BCUT2D eigenvalue weighted by Crippen LogP contribution is -2.45. The lowest BCUT2D eigenvalue weighted by molar-refractivity contribution is 0.0127. The fraction of sp³-hybridized carbons (Fsp3) is 0.526. The molecular weight excluding hydrogens is 288 g/mol. The zero-order chi connectivity index (χ0) is 16.3. The molecule has 2 aliphatic heterocycles. The van der Waals surface area contributed by atoms with Crippen LogP contribution in [-0.4, -0.2) is 41.1 Å². The van der Waals surface area contributed by atoms with E-state index in [9.17, 15) is 4.79 Å². The van der Waals surface area contributed by atoms with Crippen LogP contribution in [0.3, 0.4) is 0 Å². The first-order valence-electron chi connectivity index (χ1n) is 8.61. The van der Waals surface area contributed by atoms with Gasteiger partial charge in [0.05, 0.1) is 5.70 Å². The zero-order valence-electron chi connectivity index (χ0n) is 14.0. The summed E-state index contributed by atoms with van der Waals surface area (Å²) in [5.41, 5.74) is 1.74. The van der Waals surface area contributed by atoms with Crippen LogP contribution in [0.4, 0.5) is 4.79 Å². The molecule has 0 radical (unpaired) electrons. The molecule has 0 N–H and O–H groups in total. The smallest absolute Gasteiger partial charge is 0.415 e. The van der Waals surface area contributed by atoms with Crippen LogP contribution in [0.25, 0.3) is 0 Å². The van der Waals surface area contributed by atoms with Crippen LogP contribution < -0.4 is 0 Å². The van der Waals surface area contributed by atoms with Gasteiger partial charge < -0.3 is 4.74 Å². The lowest BCUT2D eigenvalue weighted by Gasteiger charge is -2.38. The van der Waals surface area contributed by atoms with E-state index < -0.39 is 5.60 Å². The number of piperidine rings is 1. The molecule has 1 amide bonds. The summed E-state index contributed by atoms with van der Waals surface area (Å²) in [4.78, 5) is 16.3.